The molecule has 0 unspecified atom stereocenters. The van der Waals surface area contributed by atoms with Crippen molar-refractivity contribution in [1.29, 1.82) is 0 Å². The van der Waals surface area contributed by atoms with Crippen LogP contribution in [0.1, 0.15) is 17.8 Å². The number of nitrogens with one attached hydrogen (secondary N) is 1. The maximum Gasteiger partial charge on any atom is 0.263 e. The van der Waals surface area contributed by atoms with Crippen molar-refractivity contribution in [2.75, 3.05) is 5.32 Å². The van der Waals surface area contributed by atoms with E-state index in [4.69, 9.17) is 11.6 Å². The number of aromatic nitrogens is 4. The number of carbonyl (C=O) groups excluding carboxylic acids is 1. The Bertz CT molecular complexity index is 1520. The number of para-hydroxylation sites is 1. The van der Waals surface area contributed by atoms with Crippen LogP contribution in [0.25, 0.3) is 16.7 Å². The third-order valence-corrected chi connectivity index (χ3v) is 5.68. The van der Waals surface area contributed by atoms with E-state index in [1.165, 1.54) is 0 Å². The van der Waals surface area contributed by atoms with Crippen LogP contribution in [0.3, 0.4) is 0 Å². The van der Waals surface area contributed by atoms with Gasteiger partial charge in [0.25, 0.3) is 5.56 Å². The number of fused-ring (bicyclic) bond motifs is 3. The Hall–Kier alpha value is -3.97. The Morgan fingerprint density at radius 3 is 2.55 bits per heavy atom. The molecule has 2 aromatic heterocycles. The molecule has 0 atom stereocenters. The molecule has 5 rings (SSSR count). The number of nitrogens with zero attached hydrogens (tertiary/aromatic N) is 4. The summed E-state index contributed by atoms with van der Waals surface area (Å²) in [6.45, 7) is 0.376. The molecule has 0 spiro atoms. The second kappa shape index (κ2) is 8.88. The summed E-state index contributed by atoms with van der Waals surface area (Å²) in [7, 11) is 0. The predicted molar refractivity (Wildman–Crippen MR) is 129 cm³/mol. The molecule has 164 valence electrons. The fourth-order valence-corrected chi connectivity index (χ4v) is 4.09. The lowest BCUT2D eigenvalue weighted by Gasteiger charge is -2.11. The highest BCUT2D eigenvalue weighted by Gasteiger charge is 2.17. The quantitative estimate of drug-likeness (QED) is 0.412. The summed E-state index contributed by atoms with van der Waals surface area (Å²) in [6.07, 6.45) is 0.570. The number of carbonyl (C=O) groups is 1. The van der Waals surface area contributed by atoms with E-state index in [2.05, 4.69) is 15.5 Å². The second-order valence-corrected chi connectivity index (χ2v) is 8.14. The Morgan fingerprint density at radius 1 is 0.939 bits per heavy atom. The maximum atomic E-state index is 13.3. The van der Waals surface area contributed by atoms with E-state index in [1.807, 2.05) is 52.9 Å². The van der Waals surface area contributed by atoms with Gasteiger partial charge in [-0.3, -0.25) is 18.6 Å². The molecule has 1 N–H and O–H groups in total. The molecule has 0 radical (unpaired) electrons. The maximum absolute atomic E-state index is 13.3. The van der Waals surface area contributed by atoms with E-state index >= 15 is 0 Å². The summed E-state index contributed by atoms with van der Waals surface area (Å²) < 4.78 is 3.49. The third-order valence-electron chi connectivity index (χ3n) is 5.44. The lowest BCUT2D eigenvalue weighted by Crippen LogP contribution is -2.24. The average Bonchev–Trinajstić information content (AvgIpc) is 3.25. The minimum Gasteiger partial charge on any atom is -0.326 e. The summed E-state index contributed by atoms with van der Waals surface area (Å²) in [5, 5.41) is 12.6. The smallest absolute Gasteiger partial charge is 0.263 e. The van der Waals surface area contributed by atoms with Gasteiger partial charge in [-0.2, -0.15) is 0 Å². The van der Waals surface area contributed by atoms with E-state index in [-0.39, 0.29) is 17.9 Å². The van der Waals surface area contributed by atoms with Gasteiger partial charge < -0.3 is 5.32 Å². The first-order valence-corrected chi connectivity index (χ1v) is 10.9. The molecule has 7 nitrogen and oxygen atoms in total. The highest BCUT2D eigenvalue weighted by atomic mass is 35.5. The first-order chi connectivity index (χ1) is 16.1. The average molecular weight is 458 g/mol. The number of benzene rings is 3. The van der Waals surface area contributed by atoms with Gasteiger partial charge in [0.2, 0.25) is 11.7 Å². The van der Waals surface area contributed by atoms with Gasteiger partial charge >= 0.3 is 0 Å². The minimum absolute atomic E-state index is 0.125. The van der Waals surface area contributed by atoms with Crippen LogP contribution in [0.15, 0.2) is 83.7 Å². The lowest BCUT2D eigenvalue weighted by atomic mass is 10.2. The van der Waals surface area contributed by atoms with Gasteiger partial charge in [-0.05, 0) is 35.9 Å². The summed E-state index contributed by atoms with van der Waals surface area (Å²) >= 11 is 5.99. The van der Waals surface area contributed by atoms with Crippen molar-refractivity contribution in [3.8, 4) is 0 Å². The van der Waals surface area contributed by atoms with E-state index in [0.717, 1.165) is 11.1 Å². The summed E-state index contributed by atoms with van der Waals surface area (Å²) in [6, 6.07) is 24.1. The molecule has 0 aliphatic heterocycles. The van der Waals surface area contributed by atoms with Crippen molar-refractivity contribution in [3.05, 3.63) is 106 Å². The highest BCUT2D eigenvalue weighted by molar-refractivity contribution is 6.30. The van der Waals surface area contributed by atoms with E-state index < -0.39 is 0 Å². The predicted octanol–water partition coefficient (Wildman–Crippen LogP) is 4.32. The molecule has 5 aromatic rings. The molecule has 2 heterocycles. The minimum atomic E-state index is -0.157. The summed E-state index contributed by atoms with van der Waals surface area (Å²) in [5.74, 6) is 0.910. The van der Waals surface area contributed by atoms with Crippen molar-refractivity contribution in [1.82, 2.24) is 19.2 Å². The molecule has 0 fully saturated rings. The van der Waals surface area contributed by atoms with Crippen LogP contribution in [-0.2, 0) is 17.8 Å². The van der Waals surface area contributed by atoms with Gasteiger partial charge in [-0.25, -0.2) is 0 Å². The summed E-state index contributed by atoms with van der Waals surface area (Å²) in [4.78, 5) is 25.8. The van der Waals surface area contributed by atoms with E-state index in [9.17, 15) is 9.59 Å². The first-order valence-electron chi connectivity index (χ1n) is 10.5. The standard InChI is InChI=1S/C25H20ClN5O2/c26-18-9-6-10-19(15-18)27-23(32)14-13-22-28-29-25-30(16-17-7-2-1-3-8-17)24(33)20-11-4-5-12-21(20)31(22)25/h1-12,15H,13-14,16H2,(H,27,32). The number of hydrogen-bond acceptors (Lipinski definition) is 4. The van der Waals surface area contributed by atoms with E-state index in [1.54, 1.807) is 34.9 Å². The Kier molecular flexibility index (Phi) is 5.62. The van der Waals surface area contributed by atoms with Crippen molar-refractivity contribution in [2.45, 2.75) is 19.4 Å². The van der Waals surface area contributed by atoms with Gasteiger partial charge in [0, 0.05) is 23.6 Å². The van der Waals surface area contributed by atoms with Crippen LogP contribution in [-0.4, -0.2) is 25.1 Å². The topological polar surface area (TPSA) is 81.3 Å². The number of anilines is 1. The highest BCUT2D eigenvalue weighted by Crippen LogP contribution is 2.18. The van der Waals surface area contributed by atoms with Crippen LogP contribution in [0.4, 0.5) is 5.69 Å². The van der Waals surface area contributed by atoms with Gasteiger partial charge in [0.05, 0.1) is 17.4 Å². The normalized spacial score (nSPS) is 11.2. The Balaban J connectivity index is 1.50. The zero-order valence-electron chi connectivity index (χ0n) is 17.6. The molecule has 0 aliphatic rings. The number of halogens is 1. The molecule has 0 saturated carbocycles. The van der Waals surface area contributed by atoms with Crippen LogP contribution in [0, 0.1) is 0 Å². The molecular weight excluding hydrogens is 438 g/mol. The fraction of sp³-hybridized carbons (Fsp3) is 0.120. The van der Waals surface area contributed by atoms with Crippen molar-refractivity contribution < 1.29 is 4.79 Å². The van der Waals surface area contributed by atoms with Crippen LogP contribution in [0.2, 0.25) is 5.02 Å². The van der Waals surface area contributed by atoms with Gasteiger partial charge in [0.15, 0.2) is 0 Å². The van der Waals surface area contributed by atoms with Crippen molar-refractivity contribution >= 4 is 39.9 Å². The number of amides is 1. The van der Waals surface area contributed by atoms with Crippen molar-refractivity contribution in [2.24, 2.45) is 0 Å². The van der Waals surface area contributed by atoms with E-state index in [0.29, 0.717) is 40.7 Å². The first kappa shape index (κ1) is 20.9. The lowest BCUT2D eigenvalue weighted by molar-refractivity contribution is -0.116. The van der Waals surface area contributed by atoms with Crippen LogP contribution in [0.5, 0.6) is 0 Å². The largest absolute Gasteiger partial charge is 0.326 e. The molecule has 0 aliphatic carbocycles. The van der Waals surface area contributed by atoms with Crippen LogP contribution >= 0.6 is 11.6 Å². The molecule has 3 aromatic carbocycles. The van der Waals surface area contributed by atoms with Gasteiger partial charge in [0.1, 0.15) is 5.82 Å². The summed E-state index contributed by atoms with van der Waals surface area (Å²) in [5.41, 5.74) is 2.22. The van der Waals surface area contributed by atoms with Crippen LogP contribution < -0.4 is 10.9 Å². The third kappa shape index (κ3) is 4.23. The Labute approximate surface area is 194 Å². The molecular formula is C25H20ClN5O2. The number of hydrogen-bond donors (Lipinski definition) is 1. The zero-order chi connectivity index (χ0) is 22.8. The molecule has 0 bridgehead atoms. The van der Waals surface area contributed by atoms with Gasteiger partial charge in [-0.1, -0.05) is 60.1 Å². The SMILES string of the molecule is O=C(CCc1nnc2n(Cc3ccccc3)c(=O)c3ccccc3n12)Nc1cccc(Cl)c1. The molecule has 1 amide bonds. The number of aryl methyl sites for hydroxylation is 1. The van der Waals surface area contributed by atoms with Crippen molar-refractivity contribution in [3.63, 3.8) is 0 Å². The molecule has 8 heteroatoms. The Morgan fingerprint density at radius 2 is 1.73 bits per heavy atom. The molecule has 0 saturated heterocycles. The number of rotatable bonds is 6. The monoisotopic (exact) mass is 457 g/mol. The fourth-order valence-electron chi connectivity index (χ4n) is 3.90. The molecule has 33 heavy (non-hydrogen) atoms. The zero-order valence-corrected chi connectivity index (χ0v) is 18.4. The van der Waals surface area contributed by atoms with Gasteiger partial charge in [-0.15, -0.1) is 10.2 Å². The second-order valence-electron chi connectivity index (χ2n) is 7.70.